The van der Waals surface area contributed by atoms with Gasteiger partial charge in [-0.05, 0) is 51.4 Å². The van der Waals surface area contributed by atoms with E-state index in [1.807, 2.05) is 0 Å². The molecule has 118 valence electrons. The minimum atomic E-state index is -2.05. The number of hydrogen-bond donors (Lipinski definition) is 1. The summed E-state index contributed by atoms with van der Waals surface area (Å²) < 4.78 is 20.5. The van der Waals surface area contributed by atoms with Crippen LogP contribution in [0.2, 0.25) is 0 Å². The Morgan fingerprint density at radius 3 is 2.30 bits per heavy atom. The first-order chi connectivity index (χ1) is 8.92. The molecule has 4 heteroatoms. The molecule has 0 aromatic carbocycles. The van der Waals surface area contributed by atoms with Gasteiger partial charge in [-0.25, -0.2) is 9.18 Å². The second-order valence-corrected chi connectivity index (χ2v) is 7.79. The number of carbonyl (C=O) groups excluding carboxylic acids is 1. The summed E-state index contributed by atoms with van der Waals surface area (Å²) in [6.07, 6.45) is 2.53. The summed E-state index contributed by atoms with van der Waals surface area (Å²) >= 11 is 0. The van der Waals surface area contributed by atoms with Gasteiger partial charge in [0.2, 0.25) is 5.67 Å². The summed E-state index contributed by atoms with van der Waals surface area (Å²) in [5, 5.41) is 0. The first-order valence-electron chi connectivity index (χ1n) is 7.60. The van der Waals surface area contributed by atoms with E-state index in [-0.39, 0.29) is 17.8 Å². The highest BCUT2D eigenvalue weighted by Crippen LogP contribution is 2.45. The van der Waals surface area contributed by atoms with Crippen molar-refractivity contribution in [3.05, 3.63) is 0 Å². The van der Waals surface area contributed by atoms with Crippen molar-refractivity contribution in [2.75, 3.05) is 0 Å². The van der Waals surface area contributed by atoms with Gasteiger partial charge < -0.3 is 10.5 Å². The standard InChI is InChI=1S/C16H30FNO2/c1-7-15(5,6)11-8-9-12(18)16(17,10-11)13(19)20-14(2,3)4/h11-12H,7-10,18H2,1-6H3. The van der Waals surface area contributed by atoms with Gasteiger partial charge in [0.05, 0.1) is 0 Å². The Bertz CT molecular complexity index is 362. The van der Waals surface area contributed by atoms with Crippen LogP contribution in [0.25, 0.3) is 0 Å². The van der Waals surface area contributed by atoms with Crippen LogP contribution in [0.1, 0.15) is 67.2 Å². The molecule has 0 amide bonds. The zero-order valence-electron chi connectivity index (χ0n) is 13.8. The Hall–Kier alpha value is -0.640. The average molecular weight is 287 g/mol. The lowest BCUT2D eigenvalue weighted by Gasteiger charge is -2.44. The molecule has 3 unspecified atom stereocenters. The van der Waals surface area contributed by atoms with Crippen molar-refractivity contribution in [3.8, 4) is 0 Å². The van der Waals surface area contributed by atoms with E-state index < -0.39 is 23.3 Å². The molecule has 0 radical (unpaired) electrons. The molecule has 1 fully saturated rings. The van der Waals surface area contributed by atoms with Crippen molar-refractivity contribution in [2.45, 2.75) is 84.5 Å². The molecule has 1 aliphatic carbocycles. The number of hydrogen-bond acceptors (Lipinski definition) is 3. The van der Waals surface area contributed by atoms with Crippen molar-refractivity contribution in [1.82, 2.24) is 0 Å². The largest absolute Gasteiger partial charge is 0.458 e. The monoisotopic (exact) mass is 287 g/mol. The van der Waals surface area contributed by atoms with E-state index in [2.05, 4.69) is 20.8 Å². The number of carbonyl (C=O) groups is 1. The van der Waals surface area contributed by atoms with Crippen molar-refractivity contribution < 1.29 is 13.9 Å². The molecule has 2 N–H and O–H groups in total. The summed E-state index contributed by atoms with van der Waals surface area (Å²) in [5.41, 5.74) is 3.17. The maximum Gasteiger partial charge on any atom is 0.346 e. The number of esters is 1. The van der Waals surface area contributed by atoms with Crippen molar-refractivity contribution in [3.63, 3.8) is 0 Å². The highest BCUT2D eigenvalue weighted by Gasteiger charge is 2.53. The summed E-state index contributed by atoms with van der Waals surface area (Å²) in [6, 6.07) is -0.763. The Labute approximate surface area is 122 Å². The highest BCUT2D eigenvalue weighted by molar-refractivity contribution is 5.81. The molecule has 20 heavy (non-hydrogen) atoms. The highest BCUT2D eigenvalue weighted by atomic mass is 19.1. The van der Waals surface area contributed by atoms with Gasteiger partial charge in [-0.2, -0.15) is 0 Å². The van der Waals surface area contributed by atoms with Crippen molar-refractivity contribution in [1.29, 1.82) is 0 Å². The fraction of sp³-hybridized carbons (Fsp3) is 0.938. The number of halogens is 1. The molecule has 1 rings (SSSR count). The predicted molar refractivity (Wildman–Crippen MR) is 79.1 cm³/mol. The van der Waals surface area contributed by atoms with E-state index in [0.29, 0.717) is 6.42 Å². The first-order valence-corrected chi connectivity index (χ1v) is 7.60. The minimum Gasteiger partial charge on any atom is -0.458 e. The lowest BCUT2D eigenvalue weighted by molar-refractivity contribution is -0.176. The van der Waals surface area contributed by atoms with Crippen LogP contribution in [-0.4, -0.2) is 23.3 Å². The smallest absolute Gasteiger partial charge is 0.346 e. The molecule has 0 aromatic rings. The molecule has 3 nitrogen and oxygen atoms in total. The zero-order chi connectivity index (χ0) is 15.8. The van der Waals surface area contributed by atoms with E-state index >= 15 is 4.39 Å². The third-order valence-electron chi connectivity index (χ3n) is 4.71. The van der Waals surface area contributed by atoms with Crippen LogP contribution in [0.4, 0.5) is 4.39 Å². The molecule has 0 heterocycles. The molecule has 1 saturated carbocycles. The van der Waals surface area contributed by atoms with Gasteiger partial charge in [0.25, 0.3) is 0 Å². The van der Waals surface area contributed by atoms with Crippen LogP contribution in [0, 0.1) is 11.3 Å². The fourth-order valence-corrected chi connectivity index (χ4v) is 2.77. The minimum absolute atomic E-state index is 0.0134. The quantitative estimate of drug-likeness (QED) is 0.807. The Balaban J connectivity index is 2.92. The molecule has 0 bridgehead atoms. The Morgan fingerprint density at radius 2 is 1.85 bits per heavy atom. The lowest BCUT2D eigenvalue weighted by Crippen LogP contribution is -2.57. The summed E-state index contributed by atoms with van der Waals surface area (Å²) in [7, 11) is 0. The van der Waals surface area contributed by atoms with Crippen LogP contribution in [0.15, 0.2) is 0 Å². The van der Waals surface area contributed by atoms with Gasteiger partial charge in [0.15, 0.2) is 0 Å². The number of ether oxygens (including phenoxy) is 1. The summed E-state index contributed by atoms with van der Waals surface area (Å²) in [5.74, 6) is -0.640. The molecular formula is C16H30FNO2. The third kappa shape index (κ3) is 3.72. The van der Waals surface area contributed by atoms with Crippen molar-refractivity contribution >= 4 is 5.97 Å². The van der Waals surface area contributed by atoms with Crippen LogP contribution < -0.4 is 5.73 Å². The van der Waals surface area contributed by atoms with E-state index in [0.717, 1.165) is 12.8 Å². The van der Waals surface area contributed by atoms with Crippen molar-refractivity contribution in [2.24, 2.45) is 17.1 Å². The van der Waals surface area contributed by atoms with Gasteiger partial charge in [0, 0.05) is 6.04 Å². The number of alkyl halides is 1. The maximum absolute atomic E-state index is 15.2. The third-order valence-corrected chi connectivity index (χ3v) is 4.71. The van der Waals surface area contributed by atoms with Crippen LogP contribution in [-0.2, 0) is 9.53 Å². The Morgan fingerprint density at radius 1 is 1.30 bits per heavy atom. The van der Waals surface area contributed by atoms with Gasteiger partial charge in [-0.15, -0.1) is 0 Å². The second-order valence-electron chi connectivity index (χ2n) is 7.79. The van der Waals surface area contributed by atoms with Gasteiger partial charge >= 0.3 is 5.97 Å². The molecule has 3 atom stereocenters. The van der Waals surface area contributed by atoms with E-state index in [1.165, 1.54) is 0 Å². The molecule has 1 aliphatic rings. The summed E-state index contributed by atoms with van der Waals surface area (Å²) in [4.78, 5) is 12.2. The molecular weight excluding hydrogens is 257 g/mol. The topological polar surface area (TPSA) is 52.3 Å². The van der Waals surface area contributed by atoms with E-state index in [9.17, 15) is 4.79 Å². The maximum atomic E-state index is 15.2. The van der Waals surface area contributed by atoms with E-state index in [4.69, 9.17) is 10.5 Å². The number of nitrogens with two attached hydrogens (primary N) is 1. The van der Waals surface area contributed by atoms with Crippen LogP contribution in [0.3, 0.4) is 0 Å². The summed E-state index contributed by atoms with van der Waals surface area (Å²) in [6.45, 7) is 11.6. The first kappa shape index (κ1) is 17.4. The SMILES string of the molecule is CCC(C)(C)C1CCC(N)C(F)(C(=O)OC(C)(C)C)C1. The van der Waals surface area contributed by atoms with Gasteiger partial charge in [-0.3, -0.25) is 0 Å². The van der Waals surface area contributed by atoms with Crippen LogP contribution >= 0.6 is 0 Å². The lowest BCUT2D eigenvalue weighted by atomic mass is 9.64. The zero-order valence-corrected chi connectivity index (χ0v) is 13.8. The molecule has 0 spiro atoms. The molecule has 0 aliphatic heterocycles. The second kappa shape index (κ2) is 5.63. The predicted octanol–water partition coefficient (Wildman–Crippen LogP) is 3.60. The number of rotatable bonds is 3. The van der Waals surface area contributed by atoms with E-state index in [1.54, 1.807) is 20.8 Å². The molecule has 0 saturated heterocycles. The fourth-order valence-electron chi connectivity index (χ4n) is 2.77. The van der Waals surface area contributed by atoms with Gasteiger partial charge in [0.1, 0.15) is 5.60 Å². The van der Waals surface area contributed by atoms with Gasteiger partial charge in [-0.1, -0.05) is 27.2 Å². The normalized spacial score (nSPS) is 32.0. The Kier molecular flexibility index (Phi) is 4.90. The van der Waals surface area contributed by atoms with Crippen LogP contribution in [0.5, 0.6) is 0 Å². The average Bonchev–Trinajstić information content (AvgIpc) is 2.30. The molecule has 0 aromatic heterocycles.